The summed E-state index contributed by atoms with van der Waals surface area (Å²) in [5.41, 5.74) is 4.93. The van der Waals surface area contributed by atoms with Crippen LogP contribution in [0.5, 0.6) is 0 Å². The van der Waals surface area contributed by atoms with Crippen LogP contribution in [0.4, 0.5) is 0 Å². The molecule has 2 aliphatic carbocycles. The molecule has 4 nitrogen and oxygen atoms in total. The van der Waals surface area contributed by atoms with E-state index in [2.05, 4.69) is 24.9 Å². The summed E-state index contributed by atoms with van der Waals surface area (Å²) < 4.78 is 2.01. The van der Waals surface area contributed by atoms with E-state index in [0.717, 1.165) is 24.8 Å². The normalized spacial score (nSPS) is 30.0. The predicted molar refractivity (Wildman–Crippen MR) is 89.0 cm³/mol. The number of carbonyl (C=O) groups excluding carboxylic acids is 1. The maximum atomic E-state index is 12.2. The van der Waals surface area contributed by atoms with Gasteiger partial charge in [-0.3, -0.25) is 14.5 Å². The van der Waals surface area contributed by atoms with Crippen molar-refractivity contribution < 1.29 is 4.79 Å². The molecule has 2 heterocycles. The molecule has 4 heteroatoms. The second kappa shape index (κ2) is 5.02. The zero-order valence-electron chi connectivity index (χ0n) is 14.0. The van der Waals surface area contributed by atoms with Crippen LogP contribution in [0.3, 0.4) is 0 Å². The Balaban J connectivity index is 1.86. The van der Waals surface area contributed by atoms with Crippen molar-refractivity contribution in [1.29, 1.82) is 0 Å². The molecular formula is C19H23N3O. The Morgan fingerprint density at radius 3 is 2.91 bits per heavy atom. The van der Waals surface area contributed by atoms with Crippen molar-refractivity contribution in [2.75, 3.05) is 0 Å². The molecule has 4 rings (SSSR count). The minimum Gasteiger partial charge on any atom is -0.299 e. The van der Waals surface area contributed by atoms with Gasteiger partial charge < -0.3 is 0 Å². The minimum absolute atomic E-state index is 0.0269. The third kappa shape index (κ3) is 2.00. The molecule has 1 fully saturated rings. The Morgan fingerprint density at radius 1 is 1.35 bits per heavy atom. The van der Waals surface area contributed by atoms with Gasteiger partial charge in [-0.1, -0.05) is 13.8 Å². The van der Waals surface area contributed by atoms with Crippen LogP contribution >= 0.6 is 0 Å². The van der Waals surface area contributed by atoms with Crippen molar-refractivity contribution in [2.24, 2.45) is 18.9 Å². The second-order valence-corrected chi connectivity index (χ2v) is 7.36. The SMILES string of the molecule is C[C@@H]1C(=O)CC[C@]2(C)c3nn(C)c(-c4cccnc4)c3CC[C@@H]12. The molecule has 0 saturated heterocycles. The van der Waals surface area contributed by atoms with Gasteiger partial charge in [0.2, 0.25) is 0 Å². The monoisotopic (exact) mass is 309 g/mol. The van der Waals surface area contributed by atoms with Crippen LogP contribution in [0.25, 0.3) is 11.3 Å². The zero-order chi connectivity index (χ0) is 16.2. The van der Waals surface area contributed by atoms with Gasteiger partial charge in [0.15, 0.2) is 0 Å². The molecule has 2 aromatic heterocycles. The Hall–Kier alpha value is -1.97. The Labute approximate surface area is 136 Å². The largest absolute Gasteiger partial charge is 0.299 e. The van der Waals surface area contributed by atoms with Gasteiger partial charge in [0.05, 0.1) is 11.4 Å². The summed E-state index contributed by atoms with van der Waals surface area (Å²) in [6, 6.07) is 4.08. The summed E-state index contributed by atoms with van der Waals surface area (Å²) in [5.74, 6) is 1.01. The van der Waals surface area contributed by atoms with Crippen molar-refractivity contribution in [1.82, 2.24) is 14.8 Å². The molecule has 1 saturated carbocycles. The number of rotatable bonds is 1. The van der Waals surface area contributed by atoms with E-state index in [1.165, 1.54) is 17.0 Å². The van der Waals surface area contributed by atoms with Crippen LogP contribution < -0.4 is 0 Å². The molecule has 0 bridgehead atoms. The summed E-state index contributed by atoms with van der Waals surface area (Å²) in [6.07, 6.45) is 7.42. The van der Waals surface area contributed by atoms with Gasteiger partial charge in [0.1, 0.15) is 5.78 Å². The highest BCUT2D eigenvalue weighted by atomic mass is 16.1. The van der Waals surface area contributed by atoms with Crippen molar-refractivity contribution in [2.45, 2.75) is 44.9 Å². The molecule has 0 amide bonds. The van der Waals surface area contributed by atoms with Crippen LogP contribution in [0, 0.1) is 11.8 Å². The third-order valence-corrected chi connectivity index (χ3v) is 6.15. The van der Waals surface area contributed by atoms with Crippen LogP contribution in [0.15, 0.2) is 24.5 Å². The van der Waals surface area contributed by atoms with E-state index in [-0.39, 0.29) is 11.3 Å². The van der Waals surface area contributed by atoms with E-state index in [9.17, 15) is 4.79 Å². The first kappa shape index (κ1) is 14.6. The Kier molecular flexibility index (Phi) is 3.19. The van der Waals surface area contributed by atoms with Crippen molar-refractivity contribution in [3.05, 3.63) is 35.8 Å². The molecule has 0 aliphatic heterocycles. The Morgan fingerprint density at radius 2 is 2.17 bits per heavy atom. The number of nitrogens with zero attached hydrogens (tertiary/aromatic N) is 3. The molecule has 3 atom stereocenters. The second-order valence-electron chi connectivity index (χ2n) is 7.36. The van der Waals surface area contributed by atoms with Crippen LogP contribution in [0.1, 0.15) is 44.4 Å². The third-order valence-electron chi connectivity index (χ3n) is 6.15. The minimum atomic E-state index is 0.0269. The molecule has 23 heavy (non-hydrogen) atoms. The smallest absolute Gasteiger partial charge is 0.136 e. The van der Waals surface area contributed by atoms with Crippen molar-refractivity contribution in [3.63, 3.8) is 0 Å². The number of hydrogen-bond donors (Lipinski definition) is 0. The molecule has 2 aromatic rings. The lowest BCUT2D eigenvalue weighted by atomic mass is 9.56. The maximum Gasteiger partial charge on any atom is 0.136 e. The van der Waals surface area contributed by atoms with E-state index in [0.29, 0.717) is 18.1 Å². The highest BCUT2D eigenvalue weighted by Gasteiger charge is 2.50. The predicted octanol–water partition coefficient (Wildman–Crippen LogP) is 3.30. The number of Topliss-reactive ketones (excluding diaryl/α,β-unsaturated/α-hetero) is 1. The highest BCUT2D eigenvalue weighted by Crippen LogP contribution is 2.52. The first-order chi connectivity index (χ1) is 11.0. The number of aromatic nitrogens is 3. The van der Waals surface area contributed by atoms with Crippen molar-refractivity contribution >= 4 is 5.78 Å². The van der Waals surface area contributed by atoms with Crippen LogP contribution in [-0.4, -0.2) is 20.5 Å². The number of fused-ring (bicyclic) bond motifs is 3. The van der Waals surface area contributed by atoms with Crippen LogP contribution in [0.2, 0.25) is 0 Å². The number of carbonyl (C=O) groups is 1. The fourth-order valence-electron chi connectivity index (χ4n) is 4.86. The molecule has 0 radical (unpaired) electrons. The van der Waals surface area contributed by atoms with Gasteiger partial charge >= 0.3 is 0 Å². The summed E-state index contributed by atoms with van der Waals surface area (Å²) in [5, 5.41) is 4.92. The van der Waals surface area contributed by atoms with Gasteiger partial charge in [0, 0.05) is 48.3 Å². The average Bonchev–Trinajstić information content (AvgIpc) is 2.90. The summed E-state index contributed by atoms with van der Waals surface area (Å²) in [7, 11) is 2.02. The zero-order valence-corrected chi connectivity index (χ0v) is 14.0. The standard InChI is InChI=1S/C19H23N3O/c1-12-15-7-6-14-17(13-5-4-10-20-11-13)22(3)21-18(14)19(15,2)9-8-16(12)23/h4-5,10-12,15H,6-9H2,1-3H3/t12-,15-,19-/m0/s1. The van der Waals surface area contributed by atoms with Gasteiger partial charge in [-0.05, 0) is 37.3 Å². The summed E-state index contributed by atoms with van der Waals surface area (Å²) >= 11 is 0. The molecule has 0 unspecified atom stereocenters. The lowest BCUT2D eigenvalue weighted by molar-refractivity contribution is -0.128. The molecule has 0 N–H and O–H groups in total. The van der Waals surface area contributed by atoms with E-state index >= 15 is 0 Å². The molecular weight excluding hydrogens is 286 g/mol. The summed E-state index contributed by atoms with van der Waals surface area (Å²) in [6.45, 7) is 4.43. The molecule has 120 valence electrons. The van der Waals surface area contributed by atoms with Crippen LogP contribution in [-0.2, 0) is 23.7 Å². The fraction of sp³-hybridized carbons (Fsp3) is 0.526. The first-order valence-electron chi connectivity index (χ1n) is 8.52. The van der Waals surface area contributed by atoms with Crippen molar-refractivity contribution in [3.8, 4) is 11.3 Å². The highest BCUT2D eigenvalue weighted by molar-refractivity contribution is 5.82. The average molecular weight is 309 g/mol. The fourth-order valence-corrected chi connectivity index (χ4v) is 4.86. The lowest BCUT2D eigenvalue weighted by Gasteiger charge is -2.46. The maximum absolute atomic E-state index is 12.2. The van der Waals surface area contributed by atoms with E-state index < -0.39 is 0 Å². The lowest BCUT2D eigenvalue weighted by Crippen LogP contribution is -2.46. The number of aryl methyl sites for hydroxylation is 1. The van der Waals surface area contributed by atoms with E-state index in [1.807, 2.05) is 24.0 Å². The topological polar surface area (TPSA) is 47.8 Å². The Bertz CT molecular complexity index is 764. The number of pyridine rings is 1. The quantitative estimate of drug-likeness (QED) is 0.812. The van der Waals surface area contributed by atoms with Gasteiger partial charge in [-0.2, -0.15) is 5.10 Å². The number of hydrogen-bond acceptors (Lipinski definition) is 3. The molecule has 0 spiro atoms. The van der Waals surface area contributed by atoms with E-state index in [4.69, 9.17) is 5.10 Å². The summed E-state index contributed by atoms with van der Waals surface area (Å²) in [4.78, 5) is 16.4. The number of ketones is 1. The van der Waals surface area contributed by atoms with Gasteiger partial charge in [0.25, 0.3) is 0 Å². The van der Waals surface area contributed by atoms with E-state index in [1.54, 1.807) is 6.20 Å². The van der Waals surface area contributed by atoms with Gasteiger partial charge in [-0.25, -0.2) is 0 Å². The molecule has 0 aromatic carbocycles. The van der Waals surface area contributed by atoms with Gasteiger partial charge in [-0.15, -0.1) is 0 Å². The molecule has 2 aliphatic rings. The first-order valence-corrected chi connectivity index (χ1v) is 8.52.